The molecule has 1 amide bonds. The summed E-state index contributed by atoms with van der Waals surface area (Å²) in [7, 11) is -3.52. The van der Waals surface area contributed by atoms with Gasteiger partial charge in [0.1, 0.15) is 0 Å². The zero-order valence-corrected chi connectivity index (χ0v) is 14.1. The molecule has 0 bridgehead atoms. The van der Waals surface area contributed by atoms with Crippen molar-refractivity contribution in [3.8, 4) is 0 Å². The summed E-state index contributed by atoms with van der Waals surface area (Å²) in [6, 6.07) is 14.8. The number of amides is 1. The van der Waals surface area contributed by atoms with Crippen LogP contribution in [0.1, 0.15) is 24.0 Å². The third-order valence-electron chi connectivity index (χ3n) is 4.06. The van der Waals surface area contributed by atoms with Gasteiger partial charge in [0, 0.05) is 18.7 Å². The first-order valence-electron chi connectivity index (χ1n) is 8.01. The molecule has 5 nitrogen and oxygen atoms in total. The lowest BCUT2D eigenvalue weighted by Gasteiger charge is -2.17. The van der Waals surface area contributed by atoms with Crippen LogP contribution in [-0.4, -0.2) is 20.9 Å². The number of fused-ring (bicyclic) bond motifs is 1. The quantitative estimate of drug-likeness (QED) is 0.791. The molecular weight excluding hydrogens is 324 g/mol. The predicted molar refractivity (Wildman–Crippen MR) is 93.3 cm³/mol. The number of sulfonamides is 1. The lowest BCUT2D eigenvalue weighted by molar-refractivity contribution is -0.116. The minimum absolute atomic E-state index is 0.0304. The molecule has 0 atom stereocenters. The van der Waals surface area contributed by atoms with E-state index in [9.17, 15) is 13.2 Å². The molecule has 0 radical (unpaired) electrons. The highest BCUT2D eigenvalue weighted by Crippen LogP contribution is 2.25. The van der Waals surface area contributed by atoms with Crippen molar-refractivity contribution in [1.82, 2.24) is 4.72 Å². The molecule has 24 heavy (non-hydrogen) atoms. The molecule has 126 valence electrons. The number of carbonyl (C=O) groups is 1. The standard InChI is InChI=1S/C18H20N2O3S/c21-18-11-8-15-13-16(9-10-17(15)20-18)24(22,23)19-12-4-7-14-5-2-1-3-6-14/h1-3,5-6,9-10,13,19H,4,7-8,11-12H2,(H,20,21). The van der Waals surface area contributed by atoms with E-state index in [-0.39, 0.29) is 10.8 Å². The Morgan fingerprint density at radius 3 is 2.62 bits per heavy atom. The van der Waals surface area contributed by atoms with Crippen molar-refractivity contribution in [3.63, 3.8) is 0 Å². The number of aryl methyl sites for hydroxylation is 2. The van der Waals surface area contributed by atoms with E-state index in [4.69, 9.17) is 0 Å². The van der Waals surface area contributed by atoms with Crippen molar-refractivity contribution < 1.29 is 13.2 Å². The largest absolute Gasteiger partial charge is 0.326 e. The number of hydrogen-bond acceptors (Lipinski definition) is 3. The fourth-order valence-electron chi connectivity index (χ4n) is 2.75. The van der Waals surface area contributed by atoms with Gasteiger partial charge in [-0.25, -0.2) is 13.1 Å². The third-order valence-corrected chi connectivity index (χ3v) is 5.52. The maximum atomic E-state index is 12.4. The molecule has 2 aromatic rings. The van der Waals surface area contributed by atoms with E-state index in [1.54, 1.807) is 12.1 Å². The van der Waals surface area contributed by atoms with Gasteiger partial charge in [-0.1, -0.05) is 30.3 Å². The predicted octanol–water partition coefficient (Wildman–Crippen LogP) is 2.48. The van der Waals surface area contributed by atoms with Crippen molar-refractivity contribution in [2.75, 3.05) is 11.9 Å². The van der Waals surface area contributed by atoms with E-state index >= 15 is 0 Å². The average Bonchev–Trinajstić information content (AvgIpc) is 2.59. The maximum Gasteiger partial charge on any atom is 0.240 e. The molecule has 1 heterocycles. The fraction of sp³-hybridized carbons (Fsp3) is 0.278. The Balaban J connectivity index is 1.60. The normalized spacial score (nSPS) is 14.1. The van der Waals surface area contributed by atoms with E-state index in [0.717, 1.165) is 18.4 Å². The van der Waals surface area contributed by atoms with Gasteiger partial charge >= 0.3 is 0 Å². The molecule has 0 unspecified atom stereocenters. The second-order valence-electron chi connectivity index (χ2n) is 5.85. The van der Waals surface area contributed by atoms with Crippen molar-refractivity contribution in [2.45, 2.75) is 30.6 Å². The summed E-state index contributed by atoms with van der Waals surface area (Å²) in [5, 5.41) is 2.75. The number of carbonyl (C=O) groups excluding carboxylic acids is 1. The van der Waals surface area contributed by atoms with Crippen molar-refractivity contribution in [3.05, 3.63) is 59.7 Å². The van der Waals surface area contributed by atoms with E-state index in [1.165, 1.54) is 11.6 Å². The van der Waals surface area contributed by atoms with Crippen molar-refractivity contribution in [2.24, 2.45) is 0 Å². The second kappa shape index (κ2) is 7.15. The first-order chi connectivity index (χ1) is 11.5. The third kappa shape index (κ3) is 4.01. The molecule has 3 rings (SSSR count). The van der Waals surface area contributed by atoms with Crippen LogP contribution in [0.15, 0.2) is 53.4 Å². The molecule has 6 heteroatoms. The zero-order valence-electron chi connectivity index (χ0n) is 13.3. The van der Waals surface area contributed by atoms with E-state index in [1.807, 2.05) is 30.3 Å². The van der Waals surface area contributed by atoms with Crippen LogP contribution < -0.4 is 10.0 Å². The molecular formula is C18H20N2O3S. The van der Waals surface area contributed by atoms with Gasteiger partial charge in [-0.2, -0.15) is 0 Å². The first-order valence-corrected chi connectivity index (χ1v) is 9.49. The number of nitrogens with one attached hydrogen (secondary N) is 2. The van der Waals surface area contributed by atoms with E-state index in [0.29, 0.717) is 25.1 Å². The molecule has 0 aliphatic carbocycles. The molecule has 0 saturated heterocycles. The molecule has 0 saturated carbocycles. The first kappa shape index (κ1) is 16.7. The summed E-state index contributed by atoms with van der Waals surface area (Å²) in [4.78, 5) is 11.6. The highest BCUT2D eigenvalue weighted by atomic mass is 32.2. The summed E-state index contributed by atoms with van der Waals surface area (Å²) >= 11 is 0. The summed E-state index contributed by atoms with van der Waals surface area (Å²) in [6.07, 6.45) is 2.53. The zero-order chi connectivity index (χ0) is 17.0. The minimum atomic E-state index is -3.52. The summed E-state index contributed by atoms with van der Waals surface area (Å²) in [5.41, 5.74) is 2.76. The Kier molecular flexibility index (Phi) is 4.97. The van der Waals surface area contributed by atoms with Crippen LogP contribution in [0.25, 0.3) is 0 Å². The fourth-order valence-corrected chi connectivity index (χ4v) is 3.88. The topological polar surface area (TPSA) is 75.3 Å². The number of rotatable bonds is 6. The smallest absolute Gasteiger partial charge is 0.240 e. The van der Waals surface area contributed by atoms with Crippen LogP contribution in [0.3, 0.4) is 0 Å². The Labute approximate surface area is 142 Å². The van der Waals surface area contributed by atoms with Crippen molar-refractivity contribution >= 4 is 21.6 Å². The van der Waals surface area contributed by atoms with Gasteiger partial charge in [0.15, 0.2) is 0 Å². The van der Waals surface area contributed by atoms with Crippen LogP contribution in [-0.2, 0) is 27.7 Å². The van der Waals surface area contributed by atoms with Gasteiger partial charge < -0.3 is 5.32 Å². The average molecular weight is 344 g/mol. The maximum absolute atomic E-state index is 12.4. The van der Waals surface area contributed by atoms with Gasteiger partial charge in [-0.05, 0) is 48.6 Å². The second-order valence-corrected chi connectivity index (χ2v) is 7.62. The van der Waals surface area contributed by atoms with Crippen LogP contribution in [0.5, 0.6) is 0 Å². The van der Waals surface area contributed by atoms with Crippen LogP contribution >= 0.6 is 0 Å². The molecule has 1 aliphatic heterocycles. The Morgan fingerprint density at radius 1 is 1.04 bits per heavy atom. The van der Waals surface area contributed by atoms with Crippen molar-refractivity contribution in [1.29, 1.82) is 0 Å². The molecule has 2 aromatic carbocycles. The molecule has 0 fully saturated rings. The van der Waals surface area contributed by atoms with Gasteiger partial charge in [0.05, 0.1) is 4.90 Å². The summed E-state index contributed by atoms with van der Waals surface area (Å²) in [5.74, 6) is -0.0304. The SMILES string of the molecule is O=C1CCc2cc(S(=O)(=O)NCCCc3ccccc3)ccc2N1. The van der Waals surface area contributed by atoms with Gasteiger partial charge in [-0.15, -0.1) is 0 Å². The molecule has 1 aliphatic rings. The molecule has 0 spiro atoms. The molecule has 0 aromatic heterocycles. The summed E-state index contributed by atoms with van der Waals surface area (Å²) < 4.78 is 27.4. The number of hydrogen-bond donors (Lipinski definition) is 2. The summed E-state index contributed by atoms with van der Waals surface area (Å²) in [6.45, 7) is 0.394. The lowest BCUT2D eigenvalue weighted by atomic mass is 10.0. The Hall–Kier alpha value is -2.18. The van der Waals surface area contributed by atoms with Crippen LogP contribution in [0.2, 0.25) is 0 Å². The Bertz CT molecular complexity index is 833. The van der Waals surface area contributed by atoms with Gasteiger partial charge in [-0.3, -0.25) is 4.79 Å². The number of benzene rings is 2. The number of anilines is 1. The van der Waals surface area contributed by atoms with E-state index < -0.39 is 10.0 Å². The molecule has 2 N–H and O–H groups in total. The monoisotopic (exact) mass is 344 g/mol. The van der Waals surface area contributed by atoms with Gasteiger partial charge in [0.2, 0.25) is 15.9 Å². The Morgan fingerprint density at radius 2 is 1.83 bits per heavy atom. The highest BCUT2D eigenvalue weighted by Gasteiger charge is 2.19. The van der Waals surface area contributed by atoms with E-state index in [2.05, 4.69) is 10.0 Å². The van der Waals surface area contributed by atoms with Crippen LogP contribution in [0, 0.1) is 0 Å². The van der Waals surface area contributed by atoms with Gasteiger partial charge in [0.25, 0.3) is 0 Å². The van der Waals surface area contributed by atoms with Crippen LogP contribution in [0.4, 0.5) is 5.69 Å². The lowest BCUT2D eigenvalue weighted by Crippen LogP contribution is -2.26. The highest BCUT2D eigenvalue weighted by molar-refractivity contribution is 7.89. The minimum Gasteiger partial charge on any atom is -0.326 e.